The van der Waals surface area contributed by atoms with E-state index in [1.165, 1.54) is 0 Å². The molecule has 0 rings (SSSR count). The zero-order chi connectivity index (χ0) is 7.49. The lowest BCUT2D eigenvalue weighted by molar-refractivity contribution is 0.0664. The van der Waals surface area contributed by atoms with Crippen LogP contribution in [0.3, 0.4) is 0 Å². The van der Waals surface area contributed by atoms with Gasteiger partial charge in [-0.2, -0.15) is 0 Å². The lowest BCUT2D eigenvalue weighted by Gasteiger charge is -2.27. The van der Waals surface area contributed by atoms with Crippen molar-refractivity contribution in [2.75, 3.05) is 5.88 Å². The van der Waals surface area contributed by atoms with Crippen LogP contribution in [-0.2, 0) is 0 Å². The molecule has 1 atom stereocenters. The van der Waals surface area contributed by atoms with E-state index >= 15 is 0 Å². The average molecular weight is 151 g/mol. The molecule has 0 heterocycles. The van der Waals surface area contributed by atoms with Gasteiger partial charge in [0.05, 0.1) is 6.10 Å². The molecule has 0 aromatic carbocycles. The molecule has 0 aliphatic carbocycles. The van der Waals surface area contributed by atoms with Gasteiger partial charge in [-0.25, -0.2) is 0 Å². The second-order valence-electron chi connectivity index (χ2n) is 3.01. The van der Waals surface area contributed by atoms with Gasteiger partial charge in [0.15, 0.2) is 0 Å². The first-order valence-corrected chi connectivity index (χ1v) is 3.82. The lowest BCUT2D eigenvalue weighted by Crippen LogP contribution is -2.29. The summed E-state index contributed by atoms with van der Waals surface area (Å²) in [5.74, 6) is 0.334. The quantitative estimate of drug-likeness (QED) is 0.611. The molecule has 0 amide bonds. The van der Waals surface area contributed by atoms with Crippen LogP contribution in [0.25, 0.3) is 0 Å². The van der Waals surface area contributed by atoms with Gasteiger partial charge in [-0.05, 0) is 11.8 Å². The molecule has 0 aromatic rings. The Kier molecular flexibility index (Phi) is 3.52. The Balaban J connectivity index is 3.80. The zero-order valence-corrected chi connectivity index (χ0v) is 7.07. The minimum atomic E-state index is -0.371. The van der Waals surface area contributed by atoms with E-state index in [0.717, 1.165) is 6.42 Å². The van der Waals surface area contributed by atoms with E-state index in [0.29, 0.717) is 5.88 Å². The third-order valence-electron chi connectivity index (χ3n) is 1.96. The summed E-state index contributed by atoms with van der Waals surface area (Å²) in [4.78, 5) is 0. The standard InChI is InChI=1S/C7H15ClO/c1-4-7(2,3)6(9)5-8/h6,9H,4-5H2,1-3H3. The van der Waals surface area contributed by atoms with Crippen molar-refractivity contribution >= 4 is 11.6 Å². The Morgan fingerprint density at radius 3 is 2.11 bits per heavy atom. The lowest BCUT2D eigenvalue weighted by atomic mass is 9.85. The summed E-state index contributed by atoms with van der Waals surface area (Å²) in [5, 5.41) is 9.25. The maximum Gasteiger partial charge on any atom is 0.0726 e. The second kappa shape index (κ2) is 3.43. The van der Waals surface area contributed by atoms with Gasteiger partial charge in [-0.1, -0.05) is 20.8 Å². The Morgan fingerprint density at radius 1 is 1.56 bits per heavy atom. The SMILES string of the molecule is CCC(C)(C)C(O)CCl. The third kappa shape index (κ3) is 2.55. The summed E-state index contributed by atoms with van der Waals surface area (Å²) in [6, 6.07) is 0. The van der Waals surface area contributed by atoms with Gasteiger partial charge in [0.25, 0.3) is 0 Å². The van der Waals surface area contributed by atoms with E-state index in [4.69, 9.17) is 11.6 Å². The van der Waals surface area contributed by atoms with Crippen LogP contribution in [0.1, 0.15) is 27.2 Å². The molecule has 2 heteroatoms. The molecule has 0 aliphatic rings. The predicted octanol–water partition coefficient (Wildman–Crippen LogP) is 2.02. The number of aliphatic hydroxyl groups is 1. The maximum atomic E-state index is 9.25. The van der Waals surface area contributed by atoms with Crippen molar-refractivity contribution in [3.63, 3.8) is 0 Å². The van der Waals surface area contributed by atoms with Crippen LogP contribution in [0.15, 0.2) is 0 Å². The Hall–Kier alpha value is 0.250. The maximum absolute atomic E-state index is 9.25. The first-order valence-electron chi connectivity index (χ1n) is 3.28. The number of rotatable bonds is 3. The first-order chi connectivity index (χ1) is 4.04. The van der Waals surface area contributed by atoms with E-state index in [1.54, 1.807) is 0 Å². The van der Waals surface area contributed by atoms with Gasteiger partial charge < -0.3 is 5.11 Å². The van der Waals surface area contributed by atoms with Crippen molar-refractivity contribution in [3.05, 3.63) is 0 Å². The Bertz CT molecular complexity index is 81.0. The number of aliphatic hydroxyl groups excluding tert-OH is 1. The van der Waals surface area contributed by atoms with E-state index < -0.39 is 0 Å². The fourth-order valence-corrected chi connectivity index (χ4v) is 0.862. The molecule has 0 spiro atoms. The summed E-state index contributed by atoms with van der Waals surface area (Å²) in [6.45, 7) is 6.08. The van der Waals surface area contributed by atoms with Gasteiger partial charge in [-0.15, -0.1) is 11.6 Å². The first kappa shape index (κ1) is 9.25. The van der Waals surface area contributed by atoms with Crippen molar-refractivity contribution in [2.45, 2.75) is 33.3 Å². The Labute approximate surface area is 62.0 Å². The number of alkyl halides is 1. The number of halogens is 1. The van der Waals surface area contributed by atoms with Gasteiger partial charge >= 0.3 is 0 Å². The summed E-state index contributed by atoms with van der Waals surface area (Å²) < 4.78 is 0. The van der Waals surface area contributed by atoms with E-state index in [-0.39, 0.29) is 11.5 Å². The average Bonchev–Trinajstić information content (AvgIpc) is 1.86. The highest BCUT2D eigenvalue weighted by atomic mass is 35.5. The molecule has 1 unspecified atom stereocenters. The molecule has 0 aromatic heterocycles. The monoisotopic (exact) mass is 150 g/mol. The molecule has 9 heavy (non-hydrogen) atoms. The number of hydrogen-bond acceptors (Lipinski definition) is 1. The normalized spacial score (nSPS) is 15.7. The zero-order valence-electron chi connectivity index (χ0n) is 6.32. The minimum absolute atomic E-state index is 0.0260. The minimum Gasteiger partial charge on any atom is -0.391 e. The molecule has 0 radical (unpaired) electrons. The topological polar surface area (TPSA) is 20.2 Å². The summed E-state index contributed by atoms with van der Waals surface area (Å²) in [6.07, 6.45) is 0.588. The second-order valence-corrected chi connectivity index (χ2v) is 3.32. The van der Waals surface area contributed by atoms with Crippen LogP contribution >= 0.6 is 11.6 Å². The van der Waals surface area contributed by atoms with Crippen molar-refractivity contribution in [2.24, 2.45) is 5.41 Å². The van der Waals surface area contributed by atoms with Crippen molar-refractivity contribution in [3.8, 4) is 0 Å². The van der Waals surface area contributed by atoms with Gasteiger partial charge in [0.1, 0.15) is 0 Å². The van der Waals surface area contributed by atoms with Crippen LogP contribution in [0.2, 0.25) is 0 Å². The van der Waals surface area contributed by atoms with Crippen LogP contribution in [0.5, 0.6) is 0 Å². The smallest absolute Gasteiger partial charge is 0.0726 e. The highest BCUT2D eigenvalue weighted by Crippen LogP contribution is 2.24. The summed E-state index contributed by atoms with van der Waals surface area (Å²) >= 11 is 5.47. The predicted molar refractivity (Wildman–Crippen MR) is 40.8 cm³/mol. The van der Waals surface area contributed by atoms with Crippen LogP contribution < -0.4 is 0 Å². The van der Waals surface area contributed by atoms with Crippen molar-refractivity contribution in [1.29, 1.82) is 0 Å². The molecule has 0 aliphatic heterocycles. The summed E-state index contributed by atoms with van der Waals surface area (Å²) in [5.41, 5.74) is -0.0260. The molecule has 0 saturated heterocycles. The van der Waals surface area contributed by atoms with Crippen molar-refractivity contribution < 1.29 is 5.11 Å². The van der Waals surface area contributed by atoms with Crippen LogP contribution in [-0.4, -0.2) is 17.1 Å². The van der Waals surface area contributed by atoms with Crippen molar-refractivity contribution in [1.82, 2.24) is 0 Å². The van der Waals surface area contributed by atoms with E-state index in [9.17, 15) is 5.11 Å². The van der Waals surface area contributed by atoms with Crippen LogP contribution in [0, 0.1) is 5.41 Å². The molecule has 0 bridgehead atoms. The fourth-order valence-electron chi connectivity index (χ4n) is 0.444. The van der Waals surface area contributed by atoms with Gasteiger partial charge in [0, 0.05) is 5.88 Å². The summed E-state index contributed by atoms with van der Waals surface area (Å²) in [7, 11) is 0. The molecule has 0 fully saturated rings. The molecule has 1 nitrogen and oxygen atoms in total. The highest BCUT2D eigenvalue weighted by Gasteiger charge is 2.24. The number of hydrogen-bond donors (Lipinski definition) is 1. The molecule has 1 N–H and O–H groups in total. The third-order valence-corrected chi connectivity index (χ3v) is 2.25. The highest BCUT2D eigenvalue weighted by molar-refractivity contribution is 6.18. The largest absolute Gasteiger partial charge is 0.391 e. The molecular formula is C7H15ClO. The molecule has 56 valence electrons. The molecule has 0 saturated carbocycles. The van der Waals surface area contributed by atoms with Crippen LogP contribution in [0.4, 0.5) is 0 Å². The van der Waals surface area contributed by atoms with E-state index in [2.05, 4.69) is 6.92 Å². The van der Waals surface area contributed by atoms with E-state index in [1.807, 2.05) is 13.8 Å². The molecular weight excluding hydrogens is 136 g/mol. The van der Waals surface area contributed by atoms with Gasteiger partial charge in [0.2, 0.25) is 0 Å². The van der Waals surface area contributed by atoms with Gasteiger partial charge in [-0.3, -0.25) is 0 Å². The fraction of sp³-hybridized carbons (Fsp3) is 1.00. The Morgan fingerprint density at radius 2 is 2.00 bits per heavy atom.